The first-order chi connectivity index (χ1) is 15.5. The topological polar surface area (TPSA) is 67.4 Å². The molecule has 172 valence electrons. The van der Waals surface area contributed by atoms with Crippen LogP contribution in [0.2, 0.25) is 15.1 Å². The summed E-state index contributed by atoms with van der Waals surface area (Å²) in [5.74, 6) is -0.895. The third kappa shape index (κ3) is 6.77. The number of carbonyl (C=O) groups excluding carboxylic acids is 2. The van der Waals surface area contributed by atoms with Gasteiger partial charge >= 0.3 is 6.18 Å². The van der Waals surface area contributed by atoms with Crippen molar-refractivity contribution in [1.29, 1.82) is 0 Å². The lowest BCUT2D eigenvalue weighted by Crippen LogP contribution is -2.21. The van der Waals surface area contributed by atoms with E-state index in [2.05, 4.69) is 10.6 Å². The van der Waals surface area contributed by atoms with Crippen molar-refractivity contribution in [2.75, 3.05) is 17.2 Å². The molecule has 0 bridgehead atoms. The van der Waals surface area contributed by atoms with Crippen molar-refractivity contribution in [3.63, 3.8) is 0 Å². The number of hydrogen-bond acceptors (Lipinski definition) is 3. The summed E-state index contributed by atoms with van der Waals surface area (Å²) in [6, 6.07) is 13.1. The van der Waals surface area contributed by atoms with E-state index in [9.17, 15) is 22.8 Å². The zero-order chi connectivity index (χ0) is 24.2. The molecular weight excluding hydrogens is 504 g/mol. The molecule has 2 amide bonds. The lowest BCUT2D eigenvalue weighted by molar-refractivity contribution is -0.137. The Hall–Kier alpha value is -2.94. The molecule has 3 aromatic carbocycles. The Kier molecular flexibility index (Phi) is 7.73. The molecule has 0 radical (unpaired) electrons. The summed E-state index contributed by atoms with van der Waals surface area (Å²) in [5, 5.41) is 5.58. The zero-order valence-corrected chi connectivity index (χ0v) is 18.7. The summed E-state index contributed by atoms with van der Waals surface area (Å²) >= 11 is 17.8. The Bertz CT molecular complexity index is 1190. The first kappa shape index (κ1) is 24.7. The molecule has 0 saturated heterocycles. The second-order valence-corrected chi connectivity index (χ2v) is 7.88. The number of halogens is 6. The fourth-order valence-corrected chi connectivity index (χ4v) is 3.12. The van der Waals surface area contributed by atoms with Crippen LogP contribution >= 0.6 is 34.8 Å². The van der Waals surface area contributed by atoms with E-state index in [1.165, 1.54) is 30.3 Å². The van der Waals surface area contributed by atoms with Crippen molar-refractivity contribution in [2.24, 2.45) is 0 Å². The van der Waals surface area contributed by atoms with Crippen LogP contribution in [0.5, 0.6) is 5.75 Å². The minimum absolute atomic E-state index is 0.0495. The maximum absolute atomic E-state index is 12.8. The molecule has 0 aliphatic rings. The summed E-state index contributed by atoms with van der Waals surface area (Å²) in [7, 11) is 0. The van der Waals surface area contributed by atoms with Gasteiger partial charge in [-0.1, -0.05) is 34.8 Å². The maximum atomic E-state index is 12.8. The molecule has 3 aromatic rings. The molecule has 0 unspecified atom stereocenters. The van der Waals surface area contributed by atoms with E-state index in [4.69, 9.17) is 39.5 Å². The first-order valence-corrected chi connectivity index (χ1v) is 10.3. The molecule has 0 heterocycles. The first-order valence-electron chi connectivity index (χ1n) is 9.19. The fourth-order valence-electron chi connectivity index (χ4n) is 2.62. The number of benzene rings is 3. The average molecular weight is 518 g/mol. The van der Waals surface area contributed by atoms with Gasteiger partial charge in [0.25, 0.3) is 11.8 Å². The summed E-state index contributed by atoms with van der Waals surface area (Å²) < 4.78 is 43.8. The Morgan fingerprint density at radius 2 is 1.42 bits per heavy atom. The van der Waals surface area contributed by atoms with Gasteiger partial charge in [0.15, 0.2) is 6.61 Å². The Morgan fingerprint density at radius 3 is 2.06 bits per heavy atom. The molecule has 0 aromatic heterocycles. The third-order valence-electron chi connectivity index (χ3n) is 4.23. The predicted molar refractivity (Wildman–Crippen MR) is 121 cm³/mol. The van der Waals surface area contributed by atoms with Gasteiger partial charge in [-0.05, 0) is 60.7 Å². The van der Waals surface area contributed by atoms with Gasteiger partial charge in [-0.25, -0.2) is 0 Å². The van der Waals surface area contributed by atoms with Gasteiger partial charge in [0, 0.05) is 10.6 Å². The van der Waals surface area contributed by atoms with Crippen molar-refractivity contribution in [3.05, 3.63) is 86.9 Å². The second-order valence-electron chi connectivity index (χ2n) is 6.63. The smallest absolute Gasteiger partial charge is 0.416 e. The third-order valence-corrected chi connectivity index (χ3v) is 5.13. The number of alkyl halides is 3. The van der Waals surface area contributed by atoms with Crippen molar-refractivity contribution in [2.45, 2.75) is 6.18 Å². The normalized spacial score (nSPS) is 11.1. The van der Waals surface area contributed by atoms with Gasteiger partial charge in [0.2, 0.25) is 0 Å². The van der Waals surface area contributed by atoms with Crippen LogP contribution in [0, 0.1) is 0 Å². The van der Waals surface area contributed by atoms with Crippen LogP contribution in [0.3, 0.4) is 0 Å². The van der Waals surface area contributed by atoms with Gasteiger partial charge in [0.05, 0.1) is 27.0 Å². The molecule has 0 aliphatic carbocycles. The molecule has 0 saturated carbocycles. The Balaban J connectivity index is 1.58. The van der Waals surface area contributed by atoms with Crippen LogP contribution in [-0.4, -0.2) is 18.4 Å². The van der Waals surface area contributed by atoms with E-state index in [1.807, 2.05) is 0 Å². The highest BCUT2D eigenvalue weighted by molar-refractivity contribution is 6.36. The van der Waals surface area contributed by atoms with Crippen LogP contribution in [0.1, 0.15) is 15.9 Å². The van der Waals surface area contributed by atoms with E-state index in [1.54, 1.807) is 12.1 Å². The van der Waals surface area contributed by atoms with Crippen molar-refractivity contribution < 1.29 is 27.5 Å². The highest BCUT2D eigenvalue weighted by Gasteiger charge is 2.31. The van der Waals surface area contributed by atoms with Crippen LogP contribution < -0.4 is 15.4 Å². The zero-order valence-electron chi connectivity index (χ0n) is 16.5. The molecule has 3 rings (SSSR count). The van der Waals surface area contributed by atoms with Gasteiger partial charge in [-0.3, -0.25) is 9.59 Å². The van der Waals surface area contributed by atoms with Gasteiger partial charge < -0.3 is 15.4 Å². The van der Waals surface area contributed by atoms with Crippen molar-refractivity contribution in [1.82, 2.24) is 0 Å². The fraction of sp³-hybridized carbons (Fsp3) is 0.0909. The lowest BCUT2D eigenvalue weighted by atomic mass is 10.2. The lowest BCUT2D eigenvalue weighted by Gasteiger charge is -2.12. The number of carbonyl (C=O) groups is 2. The minimum atomic E-state index is -4.58. The van der Waals surface area contributed by atoms with Crippen LogP contribution in [0.15, 0.2) is 60.7 Å². The number of nitrogens with one attached hydrogen (secondary N) is 2. The standard InChI is InChI=1S/C22H14Cl3F3N2O3/c23-14-4-8-17(25)19(10-14)30-21(32)12-1-5-15(6-2-12)33-11-20(31)29-18-9-13(22(26,27)28)3-7-16(18)24/h1-10H,11H2,(H,29,31)(H,30,32). The van der Waals surface area contributed by atoms with E-state index in [0.717, 1.165) is 18.2 Å². The van der Waals surface area contributed by atoms with Crippen LogP contribution in [0.4, 0.5) is 24.5 Å². The van der Waals surface area contributed by atoms with E-state index in [0.29, 0.717) is 21.3 Å². The Morgan fingerprint density at radius 1 is 0.818 bits per heavy atom. The predicted octanol–water partition coefficient (Wildman–Crippen LogP) is 6.94. The monoisotopic (exact) mass is 516 g/mol. The summed E-state index contributed by atoms with van der Waals surface area (Å²) in [6.45, 7) is -0.490. The number of hydrogen-bond donors (Lipinski definition) is 2. The largest absolute Gasteiger partial charge is 0.484 e. The van der Waals surface area contributed by atoms with E-state index >= 15 is 0 Å². The molecule has 2 N–H and O–H groups in total. The number of anilines is 2. The quantitative estimate of drug-likeness (QED) is 0.372. The van der Waals surface area contributed by atoms with Crippen molar-refractivity contribution in [3.8, 4) is 5.75 Å². The molecule has 0 atom stereocenters. The summed E-state index contributed by atoms with van der Waals surface area (Å²) in [4.78, 5) is 24.5. The van der Waals surface area contributed by atoms with Crippen LogP contribution in [-0.2, 0) is 11.0 Å². The van der Waals surface area contributed by atoms with Crippen molar-refractivity contribution >= 4 is 58.0 Å². The molecule has 0 spiro atoms. The number of ether oxygens (including phenoxy) is 1. The highest BCUT2D eigenvalue weighted by atomic mass is 35.5. The molecule has 0 aliphatic heterocycles. The molecule has 11 heteroatoms. The molecular formula is C22H14Cl3F3N2O3. The SMILES string of the molecule is O=C(COc1ccc(C(=O)Nc2cc(Cl)ccc2Cl)cc1)Nc1cc(C(F)(F)F)ccc1Cl. The molecule has 33 heavy (non-hydrogen) atoms. The summed E-state index contributed by atoms with van der Waals surface area (Å²) in [6.07, 6.45) is -4.58. The molecule has 5 nitrogen and oxygen atoms in total. The summed E-state index contributed by atoms with van der Waals surface area (Å²) in [5.41, 5.74) is -0.499. The average Bonchev–Trinajstić information content (AvgIpc) is 2.76. The van der Waals surface area contributed by atoms with Crippen LogP contribution in [0.25, 0.3) is 0 Å². The number of amides is 2. The number of rotatable bonds is 6. The second kappa shape index (κ2) is 10.3. The molecule has 0 fully saturated rings. The van der Waals surface area contributed by atoms with E-state index < -0.39 is 30.2 Å². The minimum Gasteiger partial charge on any atom is -0.484 e. The van der Waals surface area contributed by atoms with Gasteiger partial charge in [-0.15, -0.1) is 0 Å². The Labute approximate surface area is 201 Å². The maximum Gasteiger partial charge on any atom is 0.416 e. The van der Waals surface area contributed by atoms with Gasteiger partial charge in [0.1, 0.15) is 5.75 Å². The highest BCUT2D eigenvalue weighted by Crippen LogP contribution is 2.33. The van der Waals surface area contributed by atoms with Gasteiger partial charge in [-0.2, -0.15) is 13.2 Å². The van der Waals surface area contributed by atoms with E-state index in [-0.39, 0.29) is 16.5 Å².